The minimum absolute atomic E-state index is 0.207. The van der Waals surface area contributed by atoms with Gasteiger partial charge in [-0.1, -0.05) is 36.9 Å². The van der Waals surface area contributed by atoms with E-state index in [1.54, 1.807) is 7.11 Å². The molecule has 0 fully saturated rings. The Labute approximate surface area is 119 Å². The number of methoxy groups -OCH3 is 1. The lowest BCUT2D eigenvalue weighted by Crippen LogP contribution is -2.20. The van der Waals surface area contributed by atoms with Gasteiger partial charge < -0.3 is 4.74 Å². The topological polar surface area (TPSA) is 9.23 Å². The predicted octanol–water partition coefficient (Wildman–Crippen LogP) is 4.05. The fourth-order valence-electron chi connectivity index (χ4n) is 3.93. The maximum absolute atomic E-state index is 5.36. The highest BCUT2D eigenvalue weighted by atomic mass is 16.5. The summed E-state index contributed by atoms with van der Waals surface area (Å²) in [6, 6.07) is 15.2. The average molecular weight is 262 g/mol. The number of benzene rings is 2. The zero-order valence-corrected chi connectivity index (χ0v) is 11.8. The number of allylic oxidation sites excluding steroid dienone is 1. The van der Waals surface area contributed by atoms with Crippen LogP contribution in [0.2, 0.25) is 0 Å². The first-order valence-corrected chi connectivity index (χ1v) is 7.15. The van der Waals surface area contributed by atoms with Gasteiger partial charge in [0.15, 0.2) is 0 Å². The van der Waals surface area contributed by atoms with E-state index in [2.05, 4.69) is 43.0 Å². The van der Waals surface area contributed by atoms with Crippen molar-refractivity contribution in [3.8, 4) is 5.75 Å². The van der Waals surface area contributed by atoms with Crippen molar-refractivity contribution in [2.24, 2.45) is 5.41 Å². The van der Waals surface area contributed by atoms with Gasteiger partial charge in [0.1, 0.15) is 5.75 Å². The highest BCUT2D eigenvalue weighted by molar-refractivity contribution is 5.78. The second-order valence-corrected chi connectivity index (χ2v) is 6.08. The third kappa shape index (κ3) is 1.49. The van der Waals surface area contributed by atoms with Crippen LogP contribution in [0.25, 0.3) is 5.57 Å². The summed E-state index contributed by atoms with van der Waals surface area (Å²) in [6.07, 6.45) is 3.34. The van der Waals surface area contributed by atoms with Gasteiger partial charge >= 0.3 is 0 Å². The van der Waals surface area contributed by atoms with Gasteiger partial charge in [-0.15, -0.1) is 0 Å². The Morgan fingerprint density at radius 2 is 1.60 bits per heavy atom. The Morgan fingerprint density at radius 1 is 0.950 bits per heavy atom. The van der Waals surface area contributed by atoms with E-state index in [1.165, 1.54) is 27.8 Å². The molecule has 0 aliphatic heterocycles. The number of hydrogen-bond acceptors (Lipinski definition) is 1. The van der Waals surface area contributed by atoms with Crippen LogP contribution < -0.4 is 4.74 Å². The van der Waals surface area contributed by atoms with Gasteiger partial charge in [0.25, 0.3) is 0 Å². The van der Waals surface area contributed by atoms with Gasteiger partial charge in [0.2, 0.25) is 0 Å². The van der Waals surface area contributed by atoms with Crippen molar-refractivity contribution in [1.29, 1.82) is 0 Å². The molecular formula is C19H18O. The molecule has 0 amide bonds. The number of ether oxygens (including phenoxy) is 1. The molecule has 100 valence electrons. The molecule has 2 aromatic rings. The molecule has 0 saturated heterocycles. The average Bonchev–Trinajstić information content (AvgIpc) is 2.97. The molecule has 0 saturated carbocycles. The molecule has 2 aromatic carbocycles. The van der Waals surface area contributed by atoms with Gasteiger partial charge in [-0.05, 0) is 59.2 Å². The molecule has 2 aliphatic carbocycles. The van der Waals surface area contributed by atoms with Gasteiger partial charge in [0.05, 0.1) is 7.11 Å². The number of fused-ring (bicyclic) bond motifs is 2. The Hall–Kier alpha value is -2.02. The van der Waals surface area contributed by atoms with Crippen LogP contribution in [0, 0.1) is 5.41 Å². The minimum Gasteiger partial charge on any atom is -0.497 e. The van der Waals surface area contributed by atoms with Gasteiger partial charge in [-0.2, -0.15) is 0 Å². The Morgan fingerprint density at radius 3 is 2.25 bits per heavy atom. The summed E-state index contributed by atoms with van der Waals surface area (Å²) in [6.45, 7) is 4.43. The fraction of sp³-hybridized carbons (Fsp3) is 0.263. The zero-order valence-electron chi connectivity index (χ0n) is 11.8. The monoisotopic (exact) mass is 262 g/mol. The van der Waals surface area contributed by atoms with Crippen LogP contribution in [0.1, 0.15) is 22.3 Å². The fourth-order valence-corrected chi connectivity index (χ4v) is 3.93. The van der Waals surface area contributed by atoms with Crippen LogP contribution in [0.15, 0.2) is 49.0 Å². The van der Waals surface area contributed by atoms with Gasteiger partial charge in [-0.25, -0.2) is 0 Å². The van der Waals surface area contributed by atoms with Crippen LogP contribution in [-0.4, -0.2) is 7.11 Å². The Bertz CT molecular complexity index is 686. The normalized spacial score (nSPS) is 18.1. The maximum Gasteiger partial charge on any atom is 0.119 e. The minimum atomic E-state index is 0.207. The molecule has 1 spiro atoms. The highest BCUT2D eigenvalue weighted by Gasteiger charge is 2.44. The predicted molar refractivity (Wildman–Crippen MR) is 82.0 cm³/mol. The van der Waals surface area contributed by atoms with Crippen molar-refractivity contribution in [2.45, 2.75) is 19.3 Å². The molecule has 0 aromatic heterocycles. The molecular weight excluding hydrogens is 244 g/mol. The summed E-state index contributed by atoms with van der Waals surface area (Å²) in [5, 5.41) is 0. The lowest BCUT2D eigenvalue weighted by Gasteiger charge is -2.24. The molecule has 0 heterocycles. The smallest absolute Gasteiger partial charge is 0.119 e. The van der Waals surface area contributed by atoms with Crippen LogP contribution in [-0.2, 0) is 19.3 Å². The summed E-state index contributed by atoms with van der Waals surface area (Å²) in [5.41, 5.74) is 7.23. The first kappa shape index (κ1) is 11.8. The molecule has 1 heteroatoms. The second-order valence-electron chi connectivity index (χ2n) is 6.08. The summed E-state index contributed by atoms with van der Waals surface area (Å²) >= 11 is 0. The third-order valence-corrected chi connectivity index (χ3v) is 4.98. The molecule has 0 N–H and O–H groups in total. The van der Waals surface area contributed by atoms with E-state index in [0.717, 1.165) is 25.0 Å². The molecule has 0 unspecified atom stereocenters. The summed E-state index contributed by atoms with van der Waals surface area (Å²) in [4.78, 5) is 0. The molecule has 0 atom stereocenters. The zero-order chi connectivity index (χ0) is 13.7. The molecule has 0 radical (unpaired) electrons. The quantitative estimate of drug-likeness (QED) is 0.753. The Kier molecular flexibility index (Phi) is 2.35. The van der Waals surface area contributed by atoms with E-state index in [1.807, 2.05) is 6.07 Å². The molecule has 1 nitrogen and oxygen atoms in total. The van der Waals surface area contributed by atoms with Crippen LogP contribution in [0.3, 0.4) is 0 Å². The first-order valence-electron chi connectivity index (χ1n) is 7.15. The van der Waals surface area contributed by atoms with Gasteiger partial charge in [0, 0.05) is 5.41 Å². The molecule has 4 rings (SSSR count). The van der Waals surface area contributed by atoms with E-state index < -0.39 is 0 Å². The van der Waals surface area contributed by atoms with Crippen molar-refractivity contribution in [3.63, 3.8) is 0 Å². The van der Waals surface area contributed by atoms with E-state index in [4.69, 9.17) is 4.74 Å². The van der Waals surface area contributed by atoms with Crippen molar-refractivity contribution < 1.29 is 4.74 Å². The van der Waals surface area contributed by atoms with Crippen LogP contribution in [0.5, 0.6) is 5.75 Å². The van der Waals surface area contributed by atoms with Crippen LogP contribution >= 0.6 is 0 Å². The van der Waals surface area contributed by atoms with E-state index in [9.17, 15) is 0 Å². The van der Waals surface area contributed by atoms with Crippen molar-refractivity contribution in [1.82, 2.24) is 0 Å². The number of rotatable bonds is 1. The summed E-state index contributed by atoms with van der Waals surface area (Å²) in [7, 11) is 1.73. The van der Waals surface area contributed by atoms with Gasteiger partial charge in [-0.3, -0.25) is 0 Å². The Balaban J connectivity index is 1.76. The first-order chi connectivity index (χ1) is 9.72. The SMILES string of the molecule is C=C1c2ccc(OC)cc2CC12Cc1ccccc1C2. The van der Waals surface area contributed by atoms with Crippen molar-refractivity contribution in [2.75, 3.05) is 7.11 Å². The lowest BCUT2D eigenvalue weighted by molar-refractivity contribution is 0.412. The molecule has 20 heavy (non-hydrogen) atoms. The van der Waals surface area contributed by atoms with E-state index >= 15 is 0 Å². The maximum atomic E-state index is 5.36. The standard InChI is InChI=1S/C19H18O/c1-13-18-8-7-17(20-2)9-16(18)12-19(13)10-14-5-3-4-6-15(14)11-19/h3-9H,1,10-12H2,2H3. The van der Waals surface area contributed by atoms with Crippen LogP contribution in [0.4, 0.5) is 0 Å². The summed E-state index contributed by atoms with van der Waals surface area (Å²) in [5.74, 6) is 0.948. The number of hydrogen-bond donors (Lipinski definition) is 0. The second kappa shape index (κ2) is 3.99. The summed E-state index contributed by atoms with van der Waals surface area (Å²) < 4.78 is 5.36. The van der Waals surface area contributed by atoms with E-state index in [0.29, 0.717) is 0 Å². The van der Waals surface area contributed by atoms with E-state index in [-0.39, 0.29) is 5.41 Å². The highest BCUT2D eigenvalue weighted by Crippen LogP contribution is 2.53. The molecule has 0 bridgehead atoms. The third-order valence-electron chi connectivity index (χ3n) is 4.98. The molecule has 2 aliphatic rings. The largest absolute Gasteiger partial charge is 0.497 e. The van der Waals surface area contributed by atoms with Crippen molar-refractivity contribution in [3.05, 3.63) is 71.3 Å². The lowest BCUT2D eigenvalue weighted by atomic mass is 9.78. The van der Waals surface area contributed by atoms with Crippen molar-refractivity contribution >= 4 is 5.57 Å².